The van der Waals surface area contributed by atoms with Crippen molar-refractivity contribution in [3.8, 4) is 0 Å². The van der Waals surface area contributed by atoms with Crippen LogP contribution in [0, 0.1) is 0 Å². The first-order chi connectivity index (χ1) is 5.58. The minimum atomic E-state index is -0.579. The Balaban J connectivity index is 3.84. The van der Waals surface area contributed by atoms with Crippen LogP contribution in [0.15, 0.2) is 0 Å². The Morgan fingerprint density at radius 3 is 2.08 bits per heavy atom. The molecule has 0 rings (SSSR count). The van der Waals surface area contributed by atoms with Crippen molar-refractivity contribution in [2.45, 2.75) is 32.3 Å². The molecule has 0 amide bonds. The van der Waals surface area contributed by atoms with Crippen LogP contribution in [-0.4, -0.2) is 47.5 Å². The van der Waals surface area contributed by atoms with Gasteiger partial charge in [-0.2, -0.15) is 0 Å². The van der Waals surface area contributed by atoms with Crippen molar-refractivity contribution in [1.82, 2.24) is 4.90 Å². The monoisotopic (exact) mass is 175 g/mol. The van der Waals surface area contributed by atoms with Gasteiger partial charge >= 0.3 is 0 Å². The van der Waals surface area contributed by atoms with Crippen molar-refractivity contribution in [2.24, 2.45) is 0 Å². The normalized spacial score (nSPS) is 12.5. The smallest absolute Gasteiger partial charge is 0.0768 e. The third-order valence-electron chi connectivity index (χ3n) is 2.36. The molecule has 0 aromatic heterocycles. The lowest BCUT2D eigenvalue weighted by Gasteiger charge is -2.30. The number of aliphatic hydroxyl groups excluding tert-OH is 1. The number of hydrogen-bond acceptors (Lipinski definition) is 3. The highest BCUT2D eigenvalue weighted by molar-refractivity contribution is 4.78. The van der Waals surface area contributed by atoms with Crippen molar-refractivity contribution in [1.29, 1.82) is 0 Å². The minimum Gasteiger partial charge on any atom is -0.395 e. The number of rotatable bonds is 6. The molecule has 0 saturated heterocycles. The predicted octanol–water partition coefficient (Wildman–Crippen LogP) is 0.462. The van der Waals surface area contributed by atoms with Gasteiger partial charge in [0.2, 0.25) is 0 Å². The van der Waals surface area contributed by atoms with E-state index in [1.807, 2.05) is 25.8 Å². The van der Waals surface area contributed by atoms with Gasteiger partial charge in [-0.25, -0.2) is 0 Å². The van der Waals surface area contributed by atoms with E-state index in [9.17, 15) is 5.11 Å². The zero-order valence-electron chi connectivity index (χ0n) is 8.38. The van der Waals surface area contributed by atoms with E-state index in [-0.39, 0.29) is 6.61 Å². The van der Waals surface area contributed by atoms with Gasteiger partial charge in [0.1, 0.15) is 0 Å². The van der Waals surface area contributed by atoms with E-state index >= 15 is 0 Å². The molecule has 0 aromatic rings. The summed E-state index contributed by atoms with van der Waals surface area (Å²) in [7, 11) is 1.91. The number of nitrogens with zero attached hydrogens (tertiary/aromatic N) is 1. The van der Waals surface area contributed by atoms with Gasteiger partial charge in [-0.3, -0.25) is 0 Å². The summed E-state index contributed by atoms with van der Waals surface area (Å²) in [6, 6.07) is 0. The van der Waals surface area contributed by atoms with Crippen LogP contribution in [0.4, 0.5) is 0 Å². The van der Waals surface area contributed by atoms with Crippen LogP contribution in [0.25, 0.3) is 0 Å². The van der Waals surface area contributed by atoms with Crippen LogP contribution in [0.3, 0.4) is 0 Å². The summed E-state index contributed by atoms with van der Waals surface area (Å²) in [5.41, 5.74) is -0.579. The molecule has 0 atom stereocenters. The molecule has 74 valence electrons. The average molecular weight is 175 g/mol. The number of likely N-dealkylation sites (N-methyl/N-ethyl adjacent to an activating group) is 1. The summed E-state index contributed by atoms with van der Waals surface area (Å²) >= 11 is 0. The number of hydrogen-bond donors (Lipinski definition) is 2. The van der Waals surface area contributed by atoms with E-state index in [2.05, 4.69) is 0 Å². The fraction of sp³-hybridized carbons (Fsp3) is 1.00. The molecule has 0 fully saturated rings. The molecule has 0 heterocycles. The van der Waals surface area contributed by atoms with Gasteiger partial charge < -0.3 is 15.1 Å². The molecule has 0 radical (unpaired) electrons. The first kappa shape index (κ1) is 11.9. The maximum absolute atomic E-state index is 9.90. The van der Waals surface area contributed by atoms with Crippen LogP contribution in [0.1, 0.15) is 26.7 Å². The van der Waals surface area contributed by atoms with Gasteiger partial charge in [-0.1, -0.05) is 13.8 Å². The second kappa shape index (κ2) is 5.51. The molecule has 0 spiro atoms. The minimum absolute atomic E-state index is 0.153. The molecule has 0 aliphatic heterocycles. The Morgan fingerprint density at radius 1 is 1.25 bits per heavy atom. The van der Waals surface area contributed by atoms with Crippen LogP contribution in [-0.2, 0) is 0 Å². The van der Waals surface area contributed by atoms with Gasteiger partial charge in [0.05, 0.1) is 12.2 Å². The summed E-state index contributed by atoms with van der Waals surface area (Å²) < 4.78 is 0. The Bertz CT molecular complexity index is 113. The second-order valence-corrected chi connectivity index (χ2v) is 3.39. The molecule has 0 bridgehead atoms. The molecule has 0 unspecified atom stereocenters. The maximum Gasteiger partial charge on any atom is 0.0768 e. The van der Waals surface area contributed by atoms with Crippen molar-refractivity contribution >= 4 is 0 Å². The molecule has 2 N–H and O–H groups in total. The quantitative estimate of drug-likeness (QED) is 0.616. The Kier molecular flexibility index (Phi) is 5.46. The molecule has 0 aromatic carbocycles. The lowest BCUT2D eigenvalue weighted by Crippen LogP contribution is -2.41. The fourth-order valence-electron chi connectivity index (χ4n) is 1.23. The second-order valence-electron chi connectivity index (χ2n) is 3.39. The van der Waals surface area contributed by atoms with E-state index in [4.69, 9.17) is 5.11 Å². The van der Waals surface area contributed by atoms with Crippen LogP contribution in [0.5, 0.6) is 0 Å². The van der Waals surface area contributed by atoms with Crippen molar-refractivity contribution < 1.29 is 10.2 Å². The lowest BCUT2D eigenvalue weighted by atomic mass is 9.97. The van der Waals surface area contributed by atoms with E-state index in [0.717, 1.165) is 12.8 Å². The summed E-state index contributed by atoms with van der Waals surface area (Å²) in [5, 5.41) is 18.6. The first-order valence-corrected chi connectivity index (χ1v) is 4.59. The zero-order valence-corrected chi connectivity index (χ0v) is 8.38. The maximum atomic E-state index is 9.90. The molecule has 0 aliphatic carbocycles. The van der Waals surface area contributed by atoms with Crippen molar-refractivity contribution in [2.75, 3.05) is 26.7 Å². The van der Waals surface area contributed by atoms with Gasteiger partial charge in [0, 0.05) is 13.1 Å². The Labute approximate surface area is 75.0 Å². The van der Waals surface area contributed by atoms with Gasteiger partial charge in [0.15, 0.2) is 0 Å². The molecule has 12 heavy (non-hydrogen) atoms. The van der Waals surface area contributed by atoms with E-state index < -0.39 is 5.60 Å². The highest BCUT2D eigenvalue weighted by Crippen LogP contribution is 2.15. The third kappa shape index (κ3) is 4.04. The molecular formula is C9H21NO2. The van der Waals surface area contributed by atoms with E-state index in [0.29, 0.717) is 13.1 Å². The SMILES string of the molecule is CCC(O)(CC)CN(C)CCO. The standard InChI is InChI=1S/C9H21NO2/c1-4-9(12,5-2)8-10(3)6-7-11/h11-12H,4-8H2,1-3H3. The zero-order chi connectivity index (χ0) is 9.61. The Hall–Kier alpha value is -0.120. The first-order valence-electron chi connectivity index (χ1n) is 4.59. The van der Waals surface area contributed by atoms with Crippen LogP contribution >= 0.6 is 0 Å². The van der Waals surface area contributed by atoms with Crippen LogP contribution in [0.2, 0.25) is 0 Å². The third-order valence-corrected chi connectivity index (χ3v) is 2.36. The lowest BCUT2D eigenvalue weighted by molar-refractivity contribution is 0.000259. The summed E-state index contributed by atoms with van der Waals surface area (Å²) in [6.07, 6.45) is 1.53. The molecule has 3 heteroatoms. The molecule has 0 saturated carbocycles. The van der Waals surface area contributed by atoms with E-state index in [1.165, 1.54) is 0 Å². The summed E-state index contributed by atoms with van der Waals surface area (Å²) in [5.74, 6) is 0. The summed E-state index contributed by atoms with van der Waals surface area (Å²) in [4.78, 5) is 1.95. The number of aliphatic hydroxyl groups is 2. The van der Waals surface area contributed by atoms with Crippen LogP contribution < -0.4 is 0 Å². The highest BCUT2D eigenvalue weighted by atomic mass is 16.3. The largest absolute Gasteiger partial charge is 0.395 e. The van der Waals surface area contributed by atoms with Gasteiger partial charge in [-0.15, -0.1) is 0 Å². The average Bonchev–Trinajstić information content (AvgIpc) is 2.05. The summed E-state index contributed by atoms with van der Waals surface area (Å²) in [6.45, 7) is 5.38. The molecule has 0 aliphatic rings. The predicted molar refractivity (Wildman–Crippen MR) is 50.1 cm³/mol. The highest BCUT2D eigenvalue weighted by Gasteiger charge is 2.23. The topological polar surface area (TPSA) is 43.7 Å². The Morgan fingerprint density at radius 2 is 1.75 bits per heavy atom. The molecule has 3 nitrogen and oxygen atoms in total. The van der Waals surface area contributed by atoms with Crippen molar-refractivity contribution in [3.63, 3.8) is 0 Å². The van der Waals surface area contributed by atoms with Gasteiger partial charge in [0.25, 0.3) is 0 Å². The van der Waals surface area contributed by atoms with Crippen molar-refractivity contribution in [3.05, 3.63) is 0 Å². The molecular weight excluding hydrogens is 154 g/mol. The fourth-order valence-corrected chi connectivity index (χ4v) is 1.23. The van der Waals surface area contributed by atoms with E-state index in [1.54, 1.807) is 0 Å². The van der Waals surface area contributed by atoms with Gasteiger partial charge in [-0.05, 0) is 19.9 Å².